The second-order valence-electron chi connectivity index (χ2n) is 7.91. The highest BCUT2D eigenvalue weighted by Gasteiger charge is 2.51. The molecule has 2 rings (SSSR count). The summed E-state index contributed by atoms with van der Waals surface area (Å²) in [7, 11) is 0. The Morgan fingerprint density at radius 1 is 1.35 bits per heavy atom. The fraction of sp³-hybridized carbons (Fsp3) is 0.889. The van der Waals surface area contributed by atoms with E-state index in [9.17, 15) is 9.59 Å². The molecule has 8 heteroatoms. The molecule has 2 fully saturated rings. The van der Waals surface area contributed by atoms with Gasteiger partial charge in [0.1, 0.15) is 0 Å². The third kappa shape index (κ3) is 5.04. The van der Waals surface area contributed by atoms with Crippen molar-refractivity contribution >= 4 is 24.2 Å². The first-order valence-corrected chi connectivity index (χ1v) is 10.5. The third-order valence-corrected chi connectivity index (χ3v) is 5.85. The SMILES string of the molecule is CCCCN1C(=O)C(C(C)C)NC12CCN(SOC(=O)NC(C)C)CC2. The van der Waals surface area contributed by atoms with E-state index in [1.807, 2.05) is 13.8 Å². The quantitative estimate of drug-likeness (QED) is 0.518. The molecule has 2 N–H and O–H groups in total. The molecule has 0 aromatic carbocycles. The molecule has 2 heterocycles. The molecule has 2 amide bonds. The van der Waals surface area contributed by atoms with Gasteiger partial charge in [0.05, 0.1) is 11.7 Å². The lowest BCUT2D eigenvalue weighted by molar-refractivity contribution is -0.133. The first-order valence-electron chi connectivity index (χ1n) is 9.78. The van der Waals surface area contributed by atoms with Gasteiger partial charge in [-0.05, 0) is 39.0 Å². The highest BCUT2D eigenvalue weighted by molar-refractivity contribution is 7.92. The monoisotopic (exact) mass is 386 g/mol. The predicted octanol–water partition coefficient (Wildman–Crippen LogP) is 2.73. The summed E-state index contributed by atoms with van der Waals surface area (Å²) in [5.41, 5.74) is -0.252. The highest BCUT2D eigenvalue weighted by Crippen LogP contribution is 2.36. The van der Waals surface area contributed by atoms with E-state index in [0.29, 0.717) is 0 Å². The number of unbranched alkanes of at least 4 members (excludes halogenated alkanes) is 1. The van der Waals surface area contributed by atoms with Crippen molar-refractivity contribution in [1.29, 1.82) is 0 Å². The van der Waals surface area contributed by atoms with Crippen LogP contribution in [0.3, 0.4) is 0 Å². The van der Waals surface area contributed by atoms with Crippen molar-refractivity contribution in [3.05, 3.63) is 0 Å². The number of rotatable bonds is 7. The summed E-state index contributed by atoms with van der Waals surface area (Å²) in [6.45, 7) is 12.5. The predicted molar refractivity (Wildman–Crippen MR) is 104 cm³/mol. The van der Waals surface area contributed by atoms with Gasteiger partial charge in [-0.15, -0.1) is 0 Å². The maximum absolute atomic E-state index is 12.9. The molecule has 0 aromatic rings. The lowest BCUT2D eigenvalue weighted by Gasteiger charge is -2.43. The molecule has 26 heavy (non-hydrogen) atoms. The fourth-order valence-corrected chi connectivity index (χ4v) is 4.14. The van der Waals surface area contributed by atoms with Crippen LogP contribution in [-0.4, -0.2) is 58.6 Å². The van der Waals surface area contributed by atoms with Crippen LogP contribution < -0.4 is 10.6 Å². The molecule has 1 unspecified atom stereocenters. The van der Waals surface area contributed by atoms with Crippen LogP contribution in [0.15, 0.2) is 0 Å². The Morgan fingerprint density at radius 3 is 2.54 bits per heavy atom. The summed E-state index contributed by atoms with van der Waals surface area (Å²) in [4.78, 5) is 26.6. The smallest absolute Gasteiger partial charge is 0.358 e. The van der Waals surface area contributed by atoms with Crippen LogP contribution in [0.25, 0.3) is 0 Å². The van der Waals surface area contributed by atoms with Gasteiger partial charge in [0.25, 0.3) is 0 Å². The van der Waals surface area contributed by atoms with Crippen molar-refractivity contribution in [3.8, 4) is 0 Å². The number of nitrogens with one attached hydrogen (secondary N) is 2. The van der Waals surface area contributed by atoms with E-state index in [-0.39, 0.29) is 29.6 Å². The van der Waals surface area contributed by atoms with Gasteiger partial charge in [-0.1, -0.05) is 27.2 Å². The van der Waals surface area contributed by atoms with Crippen LogP contribution in [0.5, 0.6) is 0 Å². The maximum Gasteiger partial charge on any atom is 0.420 e. The van der Waals surface area contributed by atoms with Gasteiger partial charge >= 0.3 is 6.09 Å². The molecule has 0 saturated carbocycles. The molecule has 0 radical (unpaired) electrons. The molecule has 2 aliphatic heterocycles. The number of hydrogen-bond donors (Lipinski definition) is 2. The van der Waals surface area contributed by atoms with Gasteiger partial charge < -0.3 is 14.4 Å². The zero-order chi connectivity index (χ0) is 19.3. The van der Waals surface area contributed by atoms with Crippen molar-refractivity contribution in [2.24, 2.45) is 5.92 Å². The van der Waals surface area contributed by atoms with Crippen LogP contribution in [0.2, 0.25) is 0 Å². The van der Waals surface area contributed by atoms with E-state index in [0.717, 1.165) is 57.5 Å². The Labute approximate surface area is 161 Å². The summed E-state index contributed by atoms with van der Waals surface area (Å²) < 4.78 is 7.26. The molecule has 150 valence electrons. The van der Waals surface area contributed by atoms with Gasteiger partial charge in [0.2, 0.25) is 5.91 Å². The van der Waals surface area contributed by atoms with Gasteiger partial charge in [-0.2, -0.15) is 0 Å². The van der Waals surface area contributed by atoms with Crippen LogP contribution in [0.1, 0.15) is 60.3 Å². The Bertz CT molecular complexity index is 493. The topological polar surface area (TPSA) is 73.9 Å². The number of nitrogens with zero attached hydrogens (tertiary/aromatic N) is 2. The second kappa shape index (κ2) is 9.28. The van der Waals surface area contributed by atoms with E-state index in [1.54, 1.807) is 0 Å². The van der Waals surface area contributed by atoms with Crippen LogP contribution in [0.4, 0.5) is 4.79 Å². The van der Waals surface area contributed by atoms with Crippen LogP contribution in [0, 0.1) is 5.92 Å². The molecule has 2 aliphatic rings. The number of piperidine rings is 1. The molecule has 1 atom stereocenters. The molecular weight excluding hydrogens is 352 g/mol. The van der Waals surface area contributed by atoms with Crippen molar-refractivity contribution in [3.63, 3.8) is 0 Å². The summed E-state index contributed by atoms with van der Waals surface area (Å²) in [5.74, 6) is 0.517. The average molecular weight is 387 g/mol. The lowest BCUT2D eigenvalue weighted by atomic mass is 9.96. The minimum absolute atomic E-state index is 0.0570. The number of carbonyl (C=O) groups excluding carboxylic acids is 2. The molecule has 1 spiro atoms. The third-order valence-electron chi connectivity index (χ3n) is 5.05. The number of hydrogen-bond acceptors (Lipinski definition) is 6. The first kappa shape index (κ1) is 21.3. The molecule has 0 bridgehead atoms. The Morgan fingerprint density at radius 2 is 2.00 bits per heavy atom. The van der Waals surface area contributed by atoms with E-state index < -0.39 is 6.09 Å². The summed E-state index contributed by atoms with van der Waals surface area (Å²) >= 11 is 1.11. The molecule has 0 aromatic heterocycles. The Kier molecular flexibility index (Phi) is 7.61. The minimum Gasteiger partial charge on any atom is -0.358 e. The zero-order valence-electron chi connectivity index (χ0n) is 16.7. The molecule has 2 saturated heterocycles. The normalized spacial score (nSPS) is 23.3. The minimum atomic E-state index is -0.413. The van der Waals surface area contributed by atoms with Crippen molar-refractivity contribution in [2.75, 3.05) is 19.6 Å². The summed E-state index contributed by atoms with van der Waals surface area (Å²) in [5, 5.41) is 6.36. The summed E-state index contributed by atoms with van der Waals surface area (Å²) in [6.07, 6.45) is 3.37. The van der Waals surface area contributed by atoms with Crippen molar-refractivity contribution in [2.45, 2.75) is 78.0 Å². The van der Waals surface area contributed by atoms with Gasteiger partial charge in [-0.3, -0.25) is 10.1 Å². The lowest BCUT2D eigenvalue weighted by Crippen LogP contribution is -2.58. The van der Waals surface area contributed by atoms with Crippen LogP contribution in [-0.2, 0) is 8.98 Å². The Balaban J connectivity index is 1.93. The van der Waals surface area contributed by atoms with Crippen LogP contribution >= 0.6 is 12.2 Å². The van der Waals surface area contributed by atoms with E-state index in [4.69, 9.17) is 4.18 Å². The molecule has 0 aliphatic carbocycles. The maximum atomic E-state index is 12.9. The zero-order valence-corrected chi connectivity index (χ0v) is 17.5. The van der Waals surface area contributed by atoms with E-state index in [1.165, 1.54) is 0 Å². The highest BCUT2D eigenvalue weighted by atomic mass is 32.2. The Hall–Kier alpha value is -0.990. The number of amides is 2. The largest absolute Gasteiger partial charge is 0.420 e. The van der Waals surface area contributed by atoms with E-state index in [2.05, 4.69) is 40.6 Å². The standard InChI is InChI=1S/C18H34N4O3S/c1-6-7-10-22-16(23)15(13(2)3)20-18(22)8-11-21(12-9-18)26-25-17(24)19-14(4)5/h13-15,20H,6-12H2,1-5H3,(H,19,24). The second-order valence-corrected chi connectivity index (χ2v) is 8.75. The summed E-state index contributed by atoms with van der Waals surface area (Å²) in [6, 6.07) is -0.0411. The van der Waals surface area contributed by atoms with Gasteiger partial charge in [0, 0.05) is 25.7 Å². The van der Waals surface area contributed by atoms with Gasteiger partial charge in [-0.25, -0.2) is 9.10 Å². The van der Waals surface area contributed by atoms with Crippen molar-refractivity contribution in [1.82, 2.24) is 19.8 Å². The first-order chi connectivity index (χ1) is 12.3. The molecule has 7 nitrogen and oxygen atoms in total. The molecular formula is C18H34N4O3S. The van der Waals surface area contributed by atoms with Gasteiger partial charge in [0.15, 0.2) is 12.2 Å². The fourth-order valence-electron chi connectivity index (χ4n) is 3.59. The average Bonchev–Trinajstić information content (AvgIpc) is 2.84. The van der Waals surface area contributed by atoms with E-state index >= 15 is 0 Å². The number of carbonyl (C=O) groups is 2. The van der Waals surface area contributed by atoms with Crippen molar-refractivity contribution < 1.29 is 13.8 Å².